The zero-order valence-electron chi connectivity index (χ0n) is 10.5. The van der Waals surface area contributed by atoms with Crippen molar-refractivity contribution in [1.29, 1.82) is 0 Å². The van der Waals surface area contributed by atoms with Crippen molar-refractivity contribution in [2.24, 2.45) is 11.7 Å². The zero-order valence-corrected chi connectivity index (χ0v) is 11.4. The summed E-state index contributed by atoms with van der Waals surface area (Å²) in [5, 5.41) is 0. The fourth-order valence-corrected chi connectivity index (χ4v) is 4.62. The molecule has 3 nitrogen and oxygen atoms in total. The third-order valence-corrected chi connectivity index (χ3v) is 5.50. The normalized spacial score (nSPS) is 30.4. The molecule has 1 rings (SSSR count). The number of unbranched alkanes of at least 4 members (excludes halogenated alkanes) is 1. The number of hydrogen-bond acceptors (Lipinski definition) is 3. The molecule has 0 aromatic rings. The van der Waals surface area contributed by atoms with Crippen molar-refractivity contribution in [1.82, 2.24) is 0 Å². The maximum absolute atomic E-state index is 11.5. The second kappa shape index (κ2) is 5.50. The molecule has 1 saturated heterocycles. The number of rotatable bonds is 6. The van der Waals surface area contributed by atoms with Crippen LogP contribution in [0.3, 0.4) is 0 Å². The van der Waals surface area contributed by atoms with Crippen molar-refractivity contribution in [3.63, 3.8) is 0 Å². The highest BCUT2D eigenvalue weighted by Gasteiger charge is 2.39. The Morgan fingerprint density at radius 3 is 2.50 bits per heavy atom. The van der Waals surface area contributed by atoms with Gasteiger partial charge < -0.3 is 5.73 Å². The quantitative estimate of drug-likeness (QED) is 0.782. The van der Waals surface area contributed by atoms with Crippen LogP contribution in [0.5, 0.6) is 0 Å². The molecule has 0 bridgehead atoms. The average Bonchev–Trinajstić information content (AvgIpc) is 2.48. The van der Waals surface area contributed by atoms with Gasteiger partial charge in [-0.05, 0) is 18.8 Å². The van der Waals surface area contributed by atoms with Gasteiger partial charge >= 0.3 is 0 Å². The van der Waals surface area contributed by atoms with E-state index in [1.807, 2.05) is 0 Å². The maximum atomic E-state index is 11.5. The van der Waals surface area contributed by atoms with E-state index in [0.29, 0.717) is 12.3 Å². The van der Waals surface area contributed by atoms with E-state index in [9.17, 15) is 8.42 Å². The molecule has 2 N–H and O–H groups in total. The molecular weight excluding hydrogens is 222 g/mol. The van der Waals surface area contributed by atoms with Gasteiger partial charge in [0, 0.05) is 5.54 Å². The molecule has 0 saturated carbocycles. The molecule has 2 unspecified atom stereocenters. The highest BCUT2D eigenvalue weighted by molar-refractivity contribution is 7.91. The molecular formula is C12H25NO2S. The topological polar surface area (TPSA) is 60.2 Å². The molecule has 0 aromatic carbocycles. The van der Waals surface area contributed by atoms with E-state index in [1.165, 1.54) is 19.3 Å². The van der Waals surface area contributed by atoms with Gasteiger partial charge in [-0.3, -0.25) is 0 Å². The van der Waals surface area contributed by atoms with Gasteiger partial charge in [0.15, 0.2) is 9.84 Å². The third-order valence-electron chi connectivity index (χ3n) is 3.66. The molecule has 16 heavy (non-hydrogen) atoms. The van der Waals surface area contributed by atoms with Gasteiger partial charge in [0.25, 0.3) is 0 Å². The molecule has 4 heteroatoms. The van der Waals surface area contributed by atoms with Crippen LogP contribution < -0.4 is 5.73 Å². The van der Waals surface area contributed by atoms with Crippen LogP contribution in [0.4, 0.5) is 0 Å². The monoisotopic (exact) mass is 247 g/mol. The molecule has 0 spiro atoms. The predicted octanol–water partition coefficient (Wildman–Crippen LogP) is 2.11. The minimum Gasteiger partial charge on any atom is -0.324 e. The Bertz CT molecular complexity index is 313. The third kappa shape index (κ3) is 4.06. The van der Waals surface area contributed by atoms with Gasteiger partial charge in [0.05, 0.1) is 11.5 Å². The van der Waals surface area contributed by atoms with Crippen LogP contribution in [0.2, 0.25) is 0 Å². The Morgan fingerprint density at radius 2 is 2.06 bits per heavy atom. The van der Waals surface area contributed by atoms with Gasteiger partial charge in [0.2, 0.25) is 0 Å². The van der Waals surface area contributed by atoms with Gasteiger partial charge in [-0.25, -0.2) is 8.42 Å². The SMILES string of the molecule is CCCCC(CC)CC1(N)CCS(=O)(=O)C1. The number of hydrogen-bond donors (Lipinski definition) is 1. The predicted molar refractivity (Wildman–Crippen MR) is 68.1 cm³/mol. The first kappa shape index (κ1) is 14.0. The Labute approximate surface area is 99.7 Å². The highest BCUT2D eigenvalue weighted by atomic mass is 32.2. The standard InChI is InChI=1S/C12H25NO2S/c1-3-5-6-11(4-2)9-12(13)7-8-16(14,15)10-12/h11H,3-10,13H2,1-2H3. The van der Waals surface area contributed by atoms with Crippen molar-refractivity contribution in [3.05, 3.63) is 0 Å². The van der Waals surface area contributed by atoms with E-state index in [1.54, 1.807) is 0 Å². The lowest BCUT2D eigenvalue weighted by Crippen LogP contribution is -2.42. The van der Waals surface area contributed by atoms with E-state index in [-0.39, 0.29) is 11.5 Å². The minimum atomic E-state index is -2.85. The molecule has 1 fully saturated rings. The van der Waals surface area contributed by atoms with Crippen LogP contribution in [-0.2, 0) is 9.84 Å². The minimum absolute atomic E-state index is 0.197. The summed E-state index contributed by atoms with van der Waals surface area (Å²) in [5.74, 6) is 1.08. The van der Waals surface area contributed by atoms with E-state index in [0.717, 1.165) is 12.8 Å². The van der Waals surface area contributed by atoms with Crippen molar-refractivity contribution in [3.8, 4) is 0 Å². The molecule has 1 aliphatic rings. The average molecular weight is 247 g/mol. The second-order valence-electron chi connectivity index (χ2n) is 5.33. The van der Waals surface area contributed by atoms with Gasteiger partial charge in [0.1, 0.15) is 0 Å². The largest absolute Gasteiger partial charge is 0.324 e. The van der Waals surface area contributed by atoms with Crippen molar-refractivity contribution in [2.45, 2.75) is 57.9 Å². The lowest BCUT2D eigenvalue weighted by Gasteiger charge is -2.27. The van der Waals surface area contributed by atoms with Gasteiger partial charge in [-0.15, -0.1) is 0 Å². The fraction of sp³-hybridized carbons (Fsp3) is 1.00. The summed E-state index contributed by atoms with van der Waals surface area (Å²) in [6.07, 6.45) is 6.25. The van der Waals surface area contributed by atoms with E-state index in [4.69, 9.17) is 5.73 Å². The molecule has 0 radical (unpaired) electrons. The zero-order chi connectivity index (χ0) is 12.2. The Kier molecular flexibility index (Phi) is 4.80. The van der Waals surface area contributed by atoms with Crippen LogP contribution in [0.15, 0.2) is 0 Å². The smallest absolute Gasteiger partial charge is 0.152 e. The summed E-state index contributed by atoms with van der Waals surface area (Å²) >= 11 is 0. The van der Waals surface area contributed by atoms with Gasteiger partial charge in [-0.1, -0.05) is 39.5 Å². The fourth-order valence-electron chi connectivity index (χ4n) is 2.62. The Hall–Kier alpha value is -0.0900. The molecule has 1 aliphatic heterocycles. The summed E-state index contributed by atoms with van der Waals surface area (Å²) in [6, 6.07) is 0. The number of sulfone groups is 1. The highest BCUT2D eigenvalue weighted by Crippen LogP contribution is 2.30. The van der Waals surface area contributed by atoms with E-state index >= 15 is 0 Å². The van der Waals surface area contributed by atoms with Crippen LogP contribution in [-0.4, -0.2) is 25.5 Å². The first-order chi connectivity index (χ1) is 7.41. The van der Waals surface area contributed by atoms with Crippen LogP contribution in [0.1, 0.15) is 52.4 Å². The Balaban J connectivity index is 2.51. The summed E-state index contributed by atoms with van der Waals surface area (Å²) in [6.45, 7) is 4.36. The summed E-state index contributed by atoms with van der Waals surface area (Å²) < 4.78 is 22.9. The summed E-state index contributed by atoms with van der Waals surface area (Å²) in [7, 11) is -2.85. The molecule has 2 atom stereocenters. The molecule has 1 heterocycles. The van der Waals surface area contributed by atoms with Crippen molar-refractivity contribution >= 4 is 9.84 Å². The van der Waals surface area contributed by atoms with Crippen LogP contribution in [0.25, 0.3) is 0 Å². The number of nitrogens with two attached hydrogens (primary N) is 1. The summed E-state index contributed by atoms with van der Waals surface area (Å²) in [4.78, 5) is 0. The second-order valence-corrected chi connectivity index (χ2v) is 7.51. The Morgan fingerprint density at radius 1 is 1.38 bits per heavy atom. The van der Waals surface area contributed by atoms with Crippen molar-refractivity contribution < 1.29 is 8.42 Å². The van der Waals surface area contributed by atoms with Crippen molar-refractivity contribution in [2.75, 3.05) is 11.5 Å². The molecule has 0 aliphatic carbocycles. The van der Waals surface area contributed by atoms with E-state index < -0.39 is 15.4 Å². The lowest BCUT2D eigenvalue weighted by atomic mass is 9.84. The van der Waals surface area contributed by atoms with E-state index in [2.05, 4.69) is 13.8 Å². The lowest BCUT2D eigenvalue weighted by molar-refractivity contribution is 0.315. The first-order valence-electron chi connectivity index (χ1n) is 6.40. The van der Waals surface area contributed by atoms with Crippen LogP contribution >= 0.6 is 0 Å². The van der Waals surface area contributed by atoms with Crippen LogP contribution in [0, 0.1) is 5.92 Å². The molecule has 0 amide bonds. The molecule has 0 aromatic heterocycles. The first-order valence-corrected chi connectivity index (χ1v) is 8.22. The maximum Gasteiger partial charge on any atom is 0.152 e. The molecule has 96 valence electrons. The summed E-state index contributed by atoms with van der Waals surface area (Å²) in [5.41, 5.74) is 5.77. The van der Waals surface area contributed by atoms with Gasteiger partial charge in [-0.2, -0.15) is 0 Å².